The lowest BCUT2D eigenvalue weighted by molar-refractivity contribution is 0.285. The zero-order valence-electron chi connectivity index (χ0n) is 9.54. The smallest absolute Gasteiger partial charge is 0.237 e. The van der Waals surface area contributed by atoms with Crippen LogP contribution in [0.2, 0.25) is 0 Å². The molecule has 88 valence electrons. The standard InChI is InChI=1S/C12H12O4P/c1-3-9-10(4-2)14-17(13-9)15-11-7-5-6-8-12(11)16-17/h3-8H,1-2H3/q+1/b9-3+,10-4+. The Labute approximate surface area is 100 Å². The molecule has 1 spiro atoms. The molecular formula is C12H12O4P+. The average molecular weight is 251 g/mol. The molecule has 4 nitrogen and oxygen atoms in total. The predicted octanol–water partition coefficient (Wildman–Crippen LogP) is 3.99. The number of hydrogen-bond acceptors (Lipinski definition) is 4. The van der Waals surface area contributed by atoms with Crippen molar-refractivity contribution in [2.45, 2.75) is 13.8 Å². The zero-order chi connectivity index (χ0) is 11.9. The Kier molecular flexibility index (Phi) is 2.26. The molecule has 0 N–H and O–H groups in total. The van der Waals surface area contributed by atoms with Gasteiger partial charge in [0, 0.05) is 0 Å². The van der Waals surface area contributed by atoms with Gasteiger partial charge in [-0.25, -0.2) is 18.1 Å². The van der Waals surface area contributed by atoms with Crippen molar-refractivity contribution in [2.24, 2.45) is 0 Å². The molecule has 0 atom stereocenters. The summed E-state index contributed by atoms with van der Waals surface area (Å²) in [5.41, 5.74) is 0. The number of allylic oxidation sites excluding steroid dienone is 2. The van der Waals surface area contributed by atoms with E-state index in [0.29, 0.717) is 23.0 Å². The number of fused-ring (bicyclic) bond motifs is 1. The molecule has 0 saturated carbocycles. The number of para-hydroxylation sites is 2. The van der Waals surface area contributed by atoms with Crippen molar-refractivity contribution in [3.8, 4) is 11.5 Å². The third-order valence-electron chi connectivity index (χ3n) is 2.46. The molecule has 3 rings (SSSR count). The van der Waals surface area contributed by atoms with Crippen molar-refractivity contribution in [3.05, 3.63) is 47.9 Å². The Morgan fingerprint density at radius 2 is 1.29 bits per heavy atom. The summed E-state index contributed by atoms with van der Waals surface area (Å²) in [6.07, 6.45) is 3.67. The van der Waals surface area contributed by atoms with Crippen LogP contribution in [0.3, 0.4) is 0 Å². The third-order valence-corrected chi connectivity index (χ3v) is 4.14. The minimum Gasteiger partial charge on any atom is -0.237 e. The van der Waals surface area contributed by atoms with Crippen LogP contribution in [-0.2, 0) is 9.05 Å². The maximum absolute atomic E-state index is 5.68. The molecule has 1 saturated heterocycles. The Morgan fingerprint density at radius 3 is 1.71 bits per heavy atom. The highest BCUT2D eigenvalue weighted by atomic mass is 31.2. The van der Waals surface area contributed by atoms with E-state index in [4.69, 9.17) is 18.1 Å². The van der Waals surface area contributed by atoms with Gasteiger partial charge in [-0.1, -0.05) is 12.1 Å². The molecule has 1 aromatic carbocycles. The summed E-state index contributed by atoms with van der Waals surface area (Å²) < 4.78 is 22.7. The Bertz CT molecular complexity index is 474. The Hall–Kier alpha value is -1.67. The second kappa shape index (κ2) is 3.67. The van der Waals surface area contributed by atoms with E-state index in [0.717, 1.165) is 0 Å². The average Bonchev–Trinajstić information content (AvgIpc) is 2.88. The lowest BCUT2D eigenvalue weighted by atomic mass is 10.3. The minimum absolute atomic E-state index is 0.661. The second-order valence-corrected chi connectivity index (χ2v) is 5.19. The number of rotatable bonds is 0. The van der Waals surface area contributed by atoms with E-state index in [-0.39, 0.29) is 0 Å². The first-order chi connectivity index (χ1) is 8.26. The first-order valence-electron chi connectivity index (χ1n) is 5.36. The van der Waals surface area contributed by atoms with E-state index < -0.39 is 8.17 Å². The van der Waals surface area contributed by atoms with Gasteiger partial charge in [-0.3, -0.25) is 0 Å². The summed E-state index contributed by atoms with van der Waals surface area (Å²) in [6.45, 7) is 3.76. The predicted molar refractivity (Wildman–Crippen MR) is 64.3 cm³/mol. The van der Waals surface area contributed by atoms with Crippen LogP contribution in [0.1, 0.15) is 13.8 Å². The van der Waals surface area contributed by atoms with Crippen LogP contribution in [0.25, 0.3) is 0 Å². The van der Waals surface area contributed by atoms with Gasteiger partial charge < -0.3 is 0 Å². The van der Waals surface area contributed by atoms with Crippen LogP contribution >= 0.6 is 8.17 Å². The van der Waals surface area contributed by atoms with Crippen LogP contribution in [0.15, 0.2) is 47.9 Å². The largest absolute Gasteiger partial charge is 0.767 e. The third kappa shape index (κ3) is 1.56. The van der Waals surface area contributed by atoms with E-state index in [1.54, 1.807) is 0 Å². The van der Waals surface area contributed by atoms with Gasteiger partial charge in [0.1, 0.15) is 0 Å². The van der Waals surface area contributed by atoms with Gasteiger partial charge in [-0.05, 0) is 38.1 Å². The fourth-order valence-corrected chi connectivity index (χ4v) is 3.55. The molecule has 0 aromatic heterocycles. The van der Waals surface area contributed by atoms with E-state index in [9.17, 15) is 0 Å². The van der Waals surface area contributed by atoms with Gasteiger partial charge in [-0.2, -0.15) is 0 Å². The fraction of sp³-hybridized carbons (Fsp3) is 0.167. The van der Waals surface area contributed by atoms with Gasteiger partial charge in [0.05, 0.1) is 0 Å². The number of hydrogen-bond donors (Lipinski definition) is 0. The molecule has 2 heterocycles. The molecule has 0 radical (unpaired) electrons. The first-order valence-corrected chi connectivity index (χ1v) is 6.82. The van der Waals surface area contributed by atoms with Gasteiger partial charge in [-0.15, -0.1) is 0 Å². The molecular weight excluding hydrogens is 239 g/mol. The highest BCUT2D eigenvalue weighted by Crippen LogP contribution is 2.74. The Balaban J connectivity index is 1.94. The summed E-state index contributed by atoms with van der Waals surface area (Å²) in [6, 6.07) is 7.43. The van der Waals surface area contributed by atoms with Crippen LogP contribution in [0.5, 0.6) is 11.5 Å². The second-order valence-electron chi connectivity index (χ2n) is 3.56. The zero-order valence-corrected chi connectivity index (χ0v) is 10.4. The molecule has 0 aliphatic carbocycles. The monoisotopic (exact) mass is 251 g/mol. The van der Waals surface area contributed by atoms with Crippen molar-refractivity contribution in [1.82, 2.24) is 0 Å². The van der Waals surface area contributed by atoms with E-state index >= 15 is 0 Å². The summed E-state index contributed by atoms with van der Waals surface area (Å²) >= 11 is 0. The normalized spacial score (nSPS) is 24.1. The van der Waals surface area contributed by atoms with Crippen LogP contribution < -0.4 is 9.05 Å². The molecule has 0 unspecified atom stereocenters. The number of benzene rings is 1. The van der Waals surface area contributed by atoms with E-state index in [1.165, 1.54) is 0 Å². The molecule has 5 heteroatoms. The van der Waals surface area contributed by atoms with Crippen molar-refractivity contribution < 1.29 is 18.1 Å². The maximum Gasteiger partial charge on any atom is 0.767 e. The minimum atomic E-state index is -2.76. The van der Waals surface area contributed by atoms with E-state index in [1.807, 2.05) is 50.3 Å². The van der Waals surface area contributed by atoms with Crippen LogP contribution in [0, 0.1) is 0 Å². The van der Waals surface area contributed by atoms with Crippen molar-refractivity contribution >= 4 is 8.17 Å². The van der Waals surface area contributed by atoms with Crippen molar-refractivity contribution in [1.29, 1.82) is 0 Å². The lowest BCUT2D eigenvalue weighted by Gasteiger charge is -2.02. The van der Waals surface area contributed by atoms with Crippen LogP contribution in [-0.4, -0.2) is 0 Å². The molecule has 0 bridgehead atoms. The molecule has 1 aromatic rings. The molecule has 0 amide bonds. The molecule has 1 fully saturated rings. The summed E-state index contributed by atoms with van der Waals surface area (Å²) in [7, 11) is -2.76. The van der Waals surface area contributed by atoms with Crippen molar-refractivity contribution in [3.63, 3.8) is 0 Å². The summed E-state index contributed by atoms with van der Waals surface area (Å²) in [4.78, 5) is 0. The van der Waals surface area contributed by atoms with Crippen LogP contribution in [0.4, 0.5) is 0 Å². The Morgan fingerprint density at radius 1 is 0.824 bits per heavy atom. The van der Waals surface area contributed by atoms with Gasteiger partial charge >= 0.3 is 8.17 Å². The molecule has 2 aliphatic rings. The maximum atomic E-state index is 5.68. The fourth-order valence-electron chi connectivity index (χ4n) is 1.67. The van der Waals surface area contributed by atoms with Gasteiger partial charge in [0.15, 0.2) is 0 Å². The quantitative estimate of drug-likeness (QED) is 0.653. The van der Waals surface area contributed by atoms with Gasteiger partial charge in [0.25, 0.3) is 0 Å². The SMILES string of the molecule is C/C=C1/O[P+]2(O/C1=C/C)Oc1ccccc1O2. The first kappa shape index (κ1) is 10.5. The lowest BCUT2D eigenvalue weighted by Crippen LogP contribution is -2.00. The molecule has 17 heavy (non-hydrogen) atoms. The van der Waals surface area contributed by atoms with Gasteiger partial charge in [0.2, 0.25) is 23.0 Å². The topological polar surface area (TPSA) is 36.9 Å². The summed E-state index contributed by atoms with van der Waals surface area (Å²) in [5, 5.41) is 0. The molecule has 2 aliphatic heterocycles. The highest BCUT2D eigenvalue weighted by molar-refractivity contribution is 7.58. The van der Waals surface area contributed by atoms with E-state index in [2.05, 4.69) is 0 Å². The highest BCUT2D eigenvalue weighted by Gasteiger charge is 2.67. The summed E-state index contributed by atoms with van der Waals surface area (Å²) in [5.74, 6) is 2.64. The van der Waals surface area contributed by atoms with Crippen molar-refractivity contribution in [2.75, 3.05) is 0 Å².